The van der Waals surface area contributed by atoms with E-state index in [2.05, 4.69) is 29.2 Å². The first-order chi connectivity index (χ1) is 10.3. The summed E-state index contributed by atoms with van der Waals surface area (Å²) in [6.45, 7) is 2.02. The molecular weight excluding hydrogens is 278 g/mol. The molecule has 4 rings (SSSR count). The zero-order valence-electron chi connectivity index (χ0n) is 12.5. The molecule has 2 fully saturated rings. The Balaban J connectivity index is 1.42. The molecule has 0 radical (unpaired) electrons. The molecule has 1 saturated heterocycles. The SMILES string of the molecule is O=C([C@@H]1Cc2ccccc2S1)N1CC[C@H]2CCCC[C@@H]2C1. The van der Waals surface area contributed by atoms with Gasteiger partial charge in [-0.2, -0.15) is 0 Å². The van der Waals surface area contributed by atoms with E-state index in [9.17, 15) is 4.79 Å². The Labute approximate surface area is 131 Å². The van der Waals surface area contributed by atoms with Gasteiger partial charge < -0.3 is 4.90 Å². The first-order valence-corrected chi connectivity index (χ1v) is 9.22. The van der Waals surface area contributed by atoms with Gasteiger partial charge in [-0.15, -0.1) is 11.8 Å². The van der Waals surface area contributed by atoms with E-state index in [-0.39, 0.29) is 5.25 Å². The van der Waals surface area contributed by atoms with Crippen LogP contribution in [0.25, 0.3) is 0 Å². The fourth-order valence-electron chi connectivity index (χ4n) is 4.32. The van der Waals surface area contributed by atoms with Crippen molar-refractivity contribution in [1.82, 2.24) is 4.90 Å². The molecule has 21 heavy (non-hydrogen) atoms. The van der Waals surface area contributed by atoms with E-state index in [1.54, 1.807) is 11.8 Å². The van der Waals surface area contributed by atoms with Gasteiger partial charge in [0.05, 0.1) is 5.25 Å². The summed E-state index contributed by atoms with van der Waals surface area (Å²) >= 11 is 1.78. The van der Waals surface area contributed by atoms with Crippen LogP contribution in [-0.2, 0) is 11.2 Å². The molecule has 1 aromatic carbocycles. The molecule has 0 bridgehead atoms. The summed E-state index contributed by atoms with van der Waals surface area (Å²) in [5, 5.41) is 0.127. The largest absolute Gasteiger partial charge is 0.341 e. The number of nitrogens with zero attached hydrogens (tertiary/aromatic N) is 1. The average Bonchev–Trinajstić information content (AvgIpc) is 2.97. The van der Waals surface area contributed by atoms with Crippen LogP contribution in [0.1, 0.15) is 37.7 Å². The fraction of sp³-hybridized carbons (Fsp3) is 0.611. The Bertz CT molecular complexity index is 519. The molecule has 0 unspecified atom stereocenters. The Morgan fingerprint density at radius 2 is 1.90 bits per heavy atom. The van der Waals surface area contributed by atoms with Crippen LogP contribution in [0, 0.1) is 11.8 Å². The summed E-state index contributed by atoms with van der Waals surface area (Å²) in [5.41, 5.74) is 1.36. The summed E-state index contributed by atoms with van der Waals surface area (Å²) < 4.78 is 0. The summed E-state index contributed by atoms with van der Waals surface area (Å²) in [4.78, 5) is 16.3. The number of hydrogen-bond acceptors (Lipinski definition) is 2. The van der Waals surface area contributed by atoms with Gasteiger partial charge in [-0.3, -0.25) is 4.79 Å². The van der Waals surface area contributed by atoms with Crippen LogP contribution < -0.4 is 0 Å². The van der Waals surface area contributed by atoms with Crippen molar-refractivity contribution in [3.05, 3.63) is 29.8 Å². The number of carbonyl (C=O) groups is 1. The van der Waals surface area contributed by atoms with Crippen molar-refractivity contribution in [3.8, 4) is 0 Å². The second-order valence-electron chi connectivity index (χ2n) is 6.80. The smallest absolute Gasteiger partial charge is 0.236 e. The number of benzene rings is 1. The van der Waals surface area contributed by atoms with E-state index in [0.29, 0.717) is 5.91 Å². The van der Waals surface area contributed by atoms with Crippen molar-refractivity contribution in [2.75, 3.05) is 13.1 Å². The van der Waals surface area contributed by atoms with Crippen molar-refractivity contribution < 1.29 is 4.79 Å². The molecule has 1 saturated carbocycles. The highest BCUT2D eigenvalue weighted by molar-refractivity contribution is 8.01. The molecule has 3 aliphatic rings. The second-order valence-corrected chi connectivity index (χ2v) is 8.04. The molecule has 2 heterocycles. The van der Waals surface area contributed by atoms with Gasteiger partial charge >= 0.3 is 0 Å². The second kappa shape index (κ2) is 5.68. The van der Waals surface area contributed by atoms with Crippen LogP contribution in [-0.4, -0.2) is 29.1 Å². The lowest BCUT2D eigenvalue weighted by molar-refractivity contribution is -0.133. The van der Waals surface area contributed by atoms with Crippen molar-refractivity contribution in [3.63, 3.8) is 0 Å². The Morgan fingerprint density at radius 1 is 1.10 bits per heavy atom. The summed E-state index contributed by atoms with van der Waals surface area (Å²) in [6.07, 6.45) is 7.67. The van der Waals surface area contributed by atoms with Crippen LogP contribution in [0.2, 0.25) is 0 Å². The van der Waals surface area contributed by atoms with Gasteiger partial charge in [0.25, 0.3) is 0 Å². The summed E-state index contributed by atoms with van der Waals surface area (Å²) in [6, 6.07) is 8.48. The standard InChI is InChI=1S/C18H23NOS/c20-18(17-11-14-6-3-4-8-16(14)21-17)19-10-9-13-5-1-2-7-15(13)12-19/h3-4,6,8,13,15,17H,1-2,5,7,9-12H2/t13-,15-,17+/m1/s1. The van der Waals surface area contributed by atoms with E-state index in [0.717, 1.165) is 31.3 Å². The number of thioether (sulfide) groups is 1. The minimum Gasteiger partial charge on any atom is -0.341 e. The van der Waals surface area contributed by atoms with E-state index in [1.165, 1.54) is 42.6 Å². The third-order valence-corrected chi connectivity index (χ3v) is 6.83. The third kappa shape index (κ3) is 2.61. The monoisotopic (exact) mass is 301 g/mol. The quantitative estimate of drug-likeness (QED) is 0.787. The lowest BCUT2D eigenvalue weighted by Crippen LogP contribution is -2.47. The predicted octanol–water partition coefficient (Wildman–Crippen LogP) is 3.74. The molecule has 0 N–H and O–H groups in total. The van der Waals surface area contributed by atoms with E-state index < -0.39 is 0 Å². The van der Waals surface area contributed by atoms with Crippen LogP contribution >= 0.6 is 11.8 Å². The lowest BCUT2D eigenvalue weighted by Gasteiger charge is -2.42. The van der Waals surface area contributed by atoms with Gasteiger partial charge in [0.2, 0.25) is 5.91 Å². The fourth-order valence-corrected chi connectivity index (χ4v) is 5.60. The Morgan fingerprint density at radius 3 is 2.76 bits per heavy atom. The molecule has 1 amide bonds. The van der Waals surface area contributed by atoms with Crippen LogP contribution in [0.4, 0.5) is 0 Å². The number of piperidine rings is 1. The number of hydrogen-bond donors (Lipinski definition) is 0. The molecule has 3 atom stereocenters. The zero-order valence-corrected chi connectivity index (χ0v) is 13.3. The number of carbonyl (C=O) groups excluding carboxylic acids is 1. The first kappa shape index (κ1) is 13.7. The topological polar surface area (TPSA) is 20.3 Å². The maximum Gasteiger partial charge on any atom is 0.236 e. The number of rotatable bonds is 1. The summed E-state index contributed by atoms with van der Waals surface area (Å²) in [5.74, 6) is 2.07. The maximum atomic E-state index is 12.8. The summed E-state index contributed by atoms with van der Waals surface area (Å²) in [7, 11) is 0. The molecule has 1 aromatic rings. The number of amides is 1. The highest BCUT2D eigenvalue weighted by Gasteiger charge is 2.37. The zero-order chi connectivity index (χ0) is 14.2. The minimum absolute atomic E-state index is 0.127. The molecular formula is C18H23NOS. The van der Waals surface area contributed by atoms with Crippen molar-refractivity contribution in [1.29, 1.82) is 0 Å². The molecule has 1 aliphatic carbocycles. The normalized spacial score (nSPS) is 31.6. The van der Waals surface area contributed by atoms with Gasteiger partial charge in [-0.1, -0.05) is 37.5 Å². The Kier molecular flexibility index (Phi) is 3.70. The Hall–Kier alpha value is -0.960. The van der Waals surface area contributed by atoms with Gasteiger partial charge in [0, 0.05) is 18.0 Å². The molecule has 2 aliphatic heterocycles. The predicted molar refractivity (Wildman–Crippen MR) is 86.4 cm³/mol. The van der Waals surface area contributed by atoms with E-state index in [1.807, 2.05) is 0 Å². The van der Waals surface area contributed by atoms with Crippen LogP contribution in [0.3, 0.4) is 0 Å². The average molecular weight is 301 g/mol. The number of likely N-dealkylation sites (tertiary alicyclic amines) is 1. The van der Waals surface area contributed by atoms with Crippen LogP contribution in [0.15, 0.2) is 29.2 Å². The van der Waals surface area contributed by atoms with Gasteiger partial charge in [0.1, 0.15) is 0 Å². The highest BCUT2D eigenvalue weighted by Crippen LogP contribution is 2.40. The van der Waals surface area contributed by atoms with Gasteiger partial charge in [0.15, 0.2) is 0 Å². The van der Waals surface area contributed by atoms with Crippen molar-refractivity contribution in [2.45, 2.75) is 48.7 Å². The highest BCUT2D eigenvalue weighted by atomic mass is 32.2. The molecule has 0 spiro atoms. The molecule has 2 nitrogen and oxygen atoms in total. The van der Waals surface area contributed by atoms with Crippen LogP contribution in [0.5, 0.6) is 0 Å². The molecule has 3 heteroatoms. The van der Waals surface area contributed by atoms with E-state index in [4.69, 9.17) is 0 Å². The maximum absolute atomic E-state index is 12.8. The number of fused-ring (bicyclic) bond motifs is 2. The molecule has 112 valence electrons. The van der Waals surface area contributed by atoms with Crippen molar-refractivity contribution >= 4 is 17.7 Å². The third-order valence-electron chi connectivity index (χ3n) is 5.53. The van der Waals surface area contributed by atoms with Crippen molar-refractivity contribution in [2.24, 2.45) is 11.8 Å². The lowest BCUT2D eigenvalue weighted by atomic mass is 9.75. The first-order valence-electron chi connectivity index (χ1n) is 8.34. The van der Waals surface area contributed by atoms with E-state index >= 15 is 0 Å². The molecule has 0 aromatic heterocycles. The van der Waals surface area contributed by atoms with Gasteiger partial charge in [-0.05, 0) is 42.7 Å². The minimum atomic E-state index is 0.127. The van der Waals surface area contributed by atoms with Gasteiger partial charge in [-0.25, -0.2) is 0 Å².